The Morgan fingerprint density at radius 2 is 1.66 bits per heavy atom. The average Bonchev–Trinajstić information content (AvgIpc) is 3.01. The number of aromatic hydroxyl groups is 1. The van der Waals surface area contributed by atoms with E-state index in [-0.39, 0.29) is 24.5 Å². The smallest absolute Gasteiger partial charge is 0.405 e. The summed E-state index contributed by atoms with van der Waals surface area (Å²) < 4.78 is 19.9. The molecule has 0 spiro atoms. The molecule has 0 aliphatic heterocycles. The fourth-order valence-electron chi connectivity index (χ4n) is 5.13. The maximum atomic E-state index is 13.8. The summed E-state index contributed by atoms with van der Waals surface area (Å²) in [6.07, 6.45) is -1.36. The quantitative estimate of drug-likeness (QED) is 0.109. The first kappa shape index (κ1) is 30.3. The SMILES string of the molecule is O=C(O)NC(c1cccc(F)c1)c1cccc(OCc2cccc(CCNC[C@H](O)c3ccc(O)c4[nH]c(=O)ccc34)c2)c1. The van der Waals surface area contributed by atoms with Crippen LogP contribution in [0.3, 0.4) is 0 Å². The van der Waals surface area contributed by atoms with Crippen molar-refractivity contribution < 1.29 is 29.2 Å². The summed E-state index contributed by atoms with van der Waals surface area (Å²) in [6.45, 7) is 1.18. The second-order valence-corrected chi connectivity index (χ2v) is 10.4. The Morgan fingerprint density at radius 3 is 2.45 bits per heavy atom. The molecule has 44 heavy (non-hydrogen) atoms. The lowest BCUT2D eigenvalue weighted by Crippen LogP contribution is -2.27. The minimum absolute atomic E-state index is 0.0542. The van der Waals surface area contributed by atoms with E-state index in [1.165, 1.54) is 30.3 Å². The van der Waals surface area contributed by atoms with Crippen LogP contribution in [-0.2, 0) is 13.0 Å². The number of aromatic amines is 1. The molecule has 226 valence electrons. The molecule has 0 fully saturated rings. The van der Waals surface area contributed by atoms with Gasteiger partial charge >= 0.3 is 6.09 Å². The van der Waals surface area contributed by atoms with Gasteiger partial charge in [-0.1, -0.05) is 54.6 Å². The number of pyridine rings is 1. The van der Waals surface area contributed by atoms with E-state index in [0.29, 0.717) is 46.3 Å². The van der Waals surface area contributed by atoms with E-state index < -0.39 is 24.1 Å². The van der Waals surface area contributed by atoms with Crippen LogP contribution in [0.5, 0.6) is 11.5 Å². The second-order valence-electron chi connectivity index (χ2n) is 10.4. The first-order valence-corrected chi connectivity index (χ1v) is 14.1. The number of benzene rings is 4. The summed E-state index contributed by atoms with van der Waals surface area (Å²) in [6, 6.07) is 26.1. The number of fused-ring (bicyclic) bond motifs is 1. The molecule has 6 N–H and O–H groups in total. The lowest BCUT2D eigenvalue weighted by atomic mass is 9.98. The summed E-state index contributed by atoms with van der Waals surface area (Å²) in [5.41, 5.74) is 3.68. The topological polar surface area (TPSA) is 144 Å². The standard InChI is InChI=1S/C34H32FN3O6/c35-25-8-2-6-23(17-25)32(38-34(42)43)24-7-3-9-26(18-24)44-20-22-5-1-4-21(16-22)14-15-36-19-30(40)27-10-12-29(39)33-28(27)11-13-31(41)37-33/h1-13,16-18,30,32,36,38-40H,14-15,19-20H2,(H,37,41)(H,42,43)/t30-,32?/m0/s1. The van der Waals surface area contributed by atoms with Crippen LogP contribution in [0.15, 0.2) is 102 Å². The number of aromatic nitrogens is 1. The lowest BCUT2D eigenvalue weighted by Gasteiger charge is -2.19. The normalized spacial score (nSPS) is 12.5. The molecular formula is C34H32FN3O6. The maximum Gasteiger partial charge on any atom is 0.405 e. The molecular weight excluding hydrogens is 565 g/mol. The fourth-order valence-corrected chi connectivity index (χ4v) is 5.13. The number of amides is 1. The number of aliphatic hydroxyl groups excluding tert-OH is 1. The molecule has 5 aromatic rings. The molecule has 10 heteroatoms. The van der Waals surface area contributed by atoms with Crippen LogP contribution in [0.4, 0.5) is 9.18 Å². The van der Waals surface area contributed by atoms with Crippen LogP contribution in [-0.4, -0.2) is 39.5 Å². The zero-order valence-corrected chi connectivity index (χ0v) is 23.7. The second kappa shape index (κ2) is 13.9. The van der Waals surface area contributed by atoms with Crippen LogP contribution < -0.4 is 20.9 Å². The molecule has 0 bridgehead atoms. The minimum Gasteiger partial charge on any atom is -0.506 e. The van der Waals surface area contributed by atoms with Crippen molar-refractivity contribution in [1.29, 1.82) is 0 Å². The molecule has 0 radical (unpaired) electrons. The van der Waals surface area contributed by atoms with Gasteiger partial charge in [0, 0.05) is 18.0 Å². The third-order valence-electron chi connectivity index (χ3n) is 7.23. The number of halogens is 1. The molecule has 0 aliphatic carbocycles. The molecule has 9 nitrogen and oxygen atoms in total. The Labute approximate surface area is 252 Å². The third kappa shape index (κ3) is 7.60. The van der Waals surface area contributed by atoms with Gasteiger partial charge in [-0.25, -0.2) is 9.18 Å². The number of hydrogen-bond donors (Lipinski definition) is 6. The van der Waals surface area contributed by atoms with Gasteiger partial charge in [0.1, 0.15) is 23.9 Å². The number of phenolic OH excluding ortho intramolecular Hbond substituents is 1. The molecule has 0 aliphatic rings. The Kier molecular flexibility index (Phi) is 9.53. The van der Waals surface area contributed by atoms with E-state index in [4.69, 9.17) is 4.74 Å². The van der Waals surface area contributed by atoms with Gasteiger partial charge in [0.25, 0.3) is 0 Å². The number of ether oxygens (including phenoxy) is 1. The van der Waals surface area contributed by atoms with Crippen molar-refractivity contribution >= 4 is 17.0 Å². The van der Waals surface area contributed by atoms with Crippen molar-refractivity contribution in [3.8, 4) is 11.5 Å². The van der Waals surface area contributed by atoms with E-state index in [2.05, 4.69) is 15.6 Å². The highest BCUT2D eigenvalue weighted by atomic mass is 19.1. The van der Waals surface area contributed by atoms with Gasteiger partial charge < -0.3 is 35.7 Å². The number of H-pyrrole nitrogens is 1. The van der Waals surface area contributed by atoms with Crippen LogP contribution in [0.1, 0.15) is 40.0 Å². The number of nitrogens with one attached hydrogen (secondary N) is 3. The van der Waals surface area contributed by atoms with Crippen LogP contribution in [0.2, 0.25) is 0 Å². The summed E-state index contributed by atoms with van der Waals surface area (Å²) in [7, 11) is 0. The van der Waals surface area contributed by atoms with Crippen LogP contribution in [0, 0.1) is 5.82 Å². The van der Waals surface area contributed by atoms with Gasteiger partial charge in [0.05, 0.1) is 17.7 Å². The van der Waals surface area contributed by atoms with E-state index in [0.717, 1.165) is 11.1 Å². The van der Waals surface area contributed by atoms with E-state index >= 15 is 0 Å². The van der Waals surface area contributed by atoms with Crippen LogP contribution >= 0.6 is 0 Å². The molecule has 1 unspecified atom stereocenters. The number of aliphatic hydroxyl groups is 1. The fraction of sp³-hybridized carbons (Fsp3) is 0.176. The molecule has 1 heterocycles. The highest BCUT2D eigenvalue weighted by Crippen LogP contribution is 2.29. The lowest BCUT2D eigenvalue weighted by molar-refractivity contribution is 0.176. The monoisotopic (exact) mass is 597 g/mol. The van der Waals surface area contributed by atoms with Gasteiger partial charge in [-0.15, -0.1) is 0 Å². The van der Waals surface area contributed by atoms with Gasteiger partial charge in [-0.3, -0.25) is 4.79 Å². The molecule has 1 aromatic heterocycles. The Bertz CT molecular complexity index is 1830. The van der Waals surface area contributed by atoms with Gasteiger partial charge in [0.2, 0.25) is 5.56 Å². The van der Waals surface area contributed by atoms with Gasteiger partial charge in [-0.05, 0) is 77.2 Å². The van der Waals surface area contributed by atoms with Gasteiger partial charge in [-0.2, -0.15) is 0 Å². The first-order valence-electron chi connectivity index (χ1n) is 14.1. The largest absolute Gasteiger partial charge is 0.506 e. The molecule has 2 atom stereocenters. The third-order valence-corrected chi connectivity index (χ3v) is 7.23. The summed E-state index contributed by atoms with van der Waals surface area (Å²) in [4.78, 5) is 25.7. The summed E-state index contributed by atoms with van der Waals surface area (Å²) in [5, 5.41) is 36.5. The van der Waals surface area contributed by atoms with Crippen LogP contribution in [0.25, 0.3) is 10.9 Å². The number of rotatable bonds is 12. The predicted molar refractivity (Wildman–Crippen MR) is 164 cm³/mol. The van der Waals surface area contributed by atoms with E-state index in [1.807, 2.05) is 24.3 Å². The Hall–Kier alpha value is -5.19. The molecule has 1 amide bonds. The Morgan fingerprint density at radius 1 is 0.909 bits per heavy atom. The number of carbonyl (C=O) groups is 1. The maximum absolute atomic E-state index is 13.8. The summed E-state index contributed by atoms with van der Waals surface area (Å²) in [5.74, 6) is 0.0346. The first-order chi connectivity index (χ1) is 21.3. The predicted octanol–water partition coefficient (Wildman–Crippen LogP) is 5.17. The zero-order valence-electron chi connectivity index (χ0n) is 23.7. The van der Waals surface area contributed by atoms with Crippen molar-refractivity contribution in [2.24, 2.45) is 0 Å². The zero-order chi connectivity index (χ0) is 31.1. The minimum atomic E-state index is -1.22. The van der Waals surface area contributed by atoms with Crippen molar-refractivity contribution in [3.05, 3.63) is 141 Å². The van der Waals surface area contributed by atoms with E-state index in [9.17, 15) is 29.3 Å². The Balaban J connectivity index is 1.17. The molecule has 4 aromatic carbocycles. The van der Waals surface area contributed by atoms with E-state index in [1.54, 1.807) is 42.5 Å². The molecule has 0 saturated carbocycles. The highest BCUT2D eigenvalue weighted by molar-refractivity contribution is 5.87. The number of carboxylic acid groups (broad SMARTS) is 1. The molecule has 0 saturated heterocycles. The number of phenols is 1. The van der Waals surface area contributed by atoms with Crippen molar-refractivity contribution in [3.63, 3.8) is 0 Å². The average molecular weight is 598 g/mol. The highest BCUT2D eigenvalue weighted by Gasteiger charge is 2.18. The molecule has 5 rings (SSSR count). The van der Waals surface area contributed by atoms with Crippen molar-refractivity contribution in [2.45, 2.75) is 25.2 Å². The van der Waals surface area contributed by atoms with Crippen molar-refractivity contribution in [2.75, 3.05) is 13.1 Å². The van der Waals surface area contributed by atoms with Gasteiger partial charge in [0.15, 0.2) is 0 Å². The van der Waals surface area contributed by atoms with Crippen molar-refractivity contribution in [1.82, 2.24) is 15.6 Å². The summed E-state index contributed by atoms with van der Waals surface area (Å²) >= 11 is 0. The number of hydrogen-bond acceptors (Lipinski definition) is 6.